The van der Waals surface area contributed by atoms with Gasteiger partial charge in [0, 0.05) is 29.6 Å². The zero-order chi connectivity index (χ0) is 16.2. The predicted octanol–water partition coefficient (Wildman–Crippen LogP) is 4.20. The quantitative estimate of drug-likeness (QED) is 0.739. The van der Waals surface area contributed by atoms with Crippen LogP contribution in [0.25, 0.3) is 11.3 Å². The molecule has 2 aromatic heterocycles. The Balaban J connectivity index is 1.70. The molecule has 1 aromatic carbocycles. The van der Waals surface area contributed by atoms with Gasteiger partial charge in [-0.25, -0.2) is 9.97 Å². The topological polar surface area (TPSA) is 54.9 Å². The summed E-state index contributed by atoms with van der Waals surface area (Å²) in [6, 6.07) is 9.58. The first-order valence-electron chi connectivity index (χ1n) is 7.04. The molecule has 3 aromatic rings. The Morgan fingerprint density at radius 1 is 1.26 bits per heavy atom. The van der Waals surface area contributed by atoms with E-state index in [1.807, 2.05) is 42.6 Å². The van der Waals surface area contributed by atoms with Crippen molar-refractivity contribution < 1.29 is 4.79 Å². The molecule has 0 bridgehead atoms. The van der Waals surface area contributed by atoms with Crippen LogP contribution in [0.2, 0.25) is 4.47 Å². The first-order valence-corrected chi connectivity index (χ1v) is 9.12. The third kappa shape index (κ3) is 3.96. The number of hydrogen-bond donors (Lipinski definition) is 1. The number of benzene rings is 1. The molecule has 1 amide bonds. The van der Waals surface area contributed by atoms with E-state index in [1.54, 1.807) is 11.3 Å². The van der Waals surface area contributed by atoms with Crippen molar-refractivity contribution in [2.45, 2.75) is 13.3 Å². The zero-order valence-electron chi connectivity index (χ0n) is 12.4. The number of carbonyl (C=O) groups excluding carboxylic acids is 1. The molecule has 0 saturated carbocycles. The van der Waals surface area contributed by atoms with E-state index in [0.717, 1.165) is 22.7 Å². The minimum atomic E-state index is -0.151. The summed E-state index contributed by atoms with van der Waals surface area (Å²) in [5.41, 5.74) is 2.52. The first-order chi connectivity index (χ1) is 11.1. The van der Waals surface area contributed by atoms with E-state index >= 15 is 0 Å². The monoisotopic (exact) mass is 363 g/mol. The smallest absolute Gasteiger partial charge is 0.263 e. The molecule has 0 radical (unpaired) electrons. The van der Waals surface area contributed by atoms with Crippen molar-refractivity contribution in [3.8, 4) is 11.3 Å². The van der Waals surface area contributed by atoms with Gasteiger partial charge >= 0.3 is 0 Å². The van der Waals surface area contributed by atoms with Crippen molar-refractivity contribution in [3.63, 3.8) is 0 Å². The lowest BCUT2D eigenvalue weighted by Crippen LogP contribution is -2.25. The van der Waals surface area contributed by atoms with Crippen molar-refractivity contribution in [1.82, 2.24) is 15.3 Å². The molecule has 2 heterocycles. The standard InChI is InChI=1S/C16H14ClN3OS2/c1-10-9-22-12(19-10)7-8-18-15(21)14-13(20-16(17)23-14)11-5-3-2-4-6-11/h2-6,9H,7-8H2,1H3,(H,18,21). The van der Waals surface area contributed by atoms with Gasteiger partial charge in [0.1, 0.15) is 4.88 Å². The fourth-order valence-corrected chi connectivity index (χ4v) is 3.94. The van der Waals surface area contributed by atoms with E-state index in [0.29, 0.717) is 21.6 Å². The van der Waals surface area contributed by atoms with Crippen molar-refractivity contribution in [2.75, 3.05) is 6.54 Å². The van der Waals surface area contributed by atoms with Crippen molar-refractivity contribution in [3.05, 3.63) is 55.8 Å². The molecule has 118 valence electrons. The SMILES string of the molecule is Cc1csc(CCNC(=O)c2sc(Cl)nc2-c2ccccc2)n1. The van der Waals surface area contributed by atoms with Crippen LogP contribution in [0.1, 0.15) is 20.4 Å². The Morgan fingerprint density at radius 2 is 2.04 bits per heavy atom. The van der Waals surface area contributed by atoms with Crippen molar-refractivity contribution in [1.29, 1.82) is 0 Å². The maximum atomic E-state index is 12.4. The highest BCUT2D eigenvalue weighted by Crippen LogP contribution is 2.30. The normalized spacial score (nSPS) is 10.7. The maximum Gasteiger partial charge on any atom is 0.263 e. The van der Waals surface area contributed by atoms with E-state index in [9.17, 15) is 4.79 Å². The Morgan fingerprint density at radius 3 is 2.74 bits per heavy atom. The minimum Gasteiger partial charge on any atom is -0.351 e. The van der Waals surface area contributed by atoms with Crippen molar-refractivity contribution >= 4 is 40.2 Å². The average molecular weight is 364 g/mol. The number of nitrogens with one attached hydrogen (secondary N) is 1. The Kier molecular flexibility index (Phi) is 5.05. The molecule has 0 spiro atoms. The zero-order valence-corrected chi connectivity index (χ0v) is 14.8. The number of carbonyl (C=O) groups is 1. The third-order valence-electron chi connectivity index (χ3n) is 3.15. The van der Waals surface area contributed by atoms with E-state index in [4.69, 9.17) is 11.6 Å². The Labute approximate surface area is 147 Å². The van der Waals surface area contributed by atoms with E-state index in [-0.39, 0.29) is 5.91 Å². The molecule has 0 unspecified atom stereocenters. The largest absolute Gasteiger partial charge is 0.351 e. The summed E-state index contributed by atoms with van der Waals surface area (Å²) in [6.07, 6.45) is 0.720. The summed E-state index contributed by atoms with van der Waals surface area (Å²) >= 11 is 8.82. The van der Waals surface area contributed by atoms with Crippen LogP contribution in [-0.4, -0.2) is 22.4 Å². The fraction of sp³-hybridized carbons (Fsp3) is 0.188. The number of hydrogen-bond acceptors (Lipinski definition) is 5. The number of aromatic nitrogens is 2. The number of amides is 1. The highest BCUT2D eigenvalue weighted by molar-refractivity contribution is 7.18. The summed E-state index contributed by atoms with van der Waals surface area (Å²) in [6.45, 7) is 2.50. The molecule has 3 rings (SSSR count). The molecule has 1 N–H and O–H groups in total. The molecular formula is C16H14ClN3OS2. The molecule has 0 aliphatic carbocycles. The third-order valence-corrected chi connectivity index (χ3v) is 5.33. The molecule has 0 fully saturated rings. The van der Waals surface area contributed by atoms with E-state index in [2.05, 4.69) is 15.3 Å². The lowest BCUT2D eigenvalue weighted by Gasteiger charge is -2.04. The van der Waals surface area contributed by atoms with Crippen LogP contribution >= 0.6 is 34.3 Å². The summed E-state index contributed by atoms with van der Waals surface area (Å²) in [5.74, 6) is -0.151. The van der Waals surface area contributed by atoms with Gasteiger partial charge < -0.3 is 5.32 Å². The molecule has 7 heteroatoms. The fourth-order valence-electron chi connectivity index (χ4n) is 2.12. The second-order valence-electron chi connectivity index (χ2n) is 4.90. The Bertz CT molecular complexity index is 814. The highest BCUT2D eigenvalue weighted by Gasteiger charge is 2.18. The first kappa shape index (κ1) is 16.1. The molecule has 0 aliphatic rings. The second-order valence-corrected chi connectivity index (χ2v) is 7.42. The molecule has 23 heavy (non-hydrogen) atoms. The van der Waals surface area contributed by atoms with Gasteiger partial charge in [0.15, 0.2) is 4.47 Å². The summed E-state index contributed by atoms with van der Waals surface area (Å²) in [7, 11) is 0. The van der Waals surface area contributed by atoms with Gasteiger partial charge in [0.05, 0.1) is 10.7 Å². The van der Waals surface area contributed by atoms with Crippen LogP contribution < -0.4 is 5.32 Å². The number of thiazole rings is 2. The van der Waals surface area contributed by atoms with Gasteiger partial charge in [-0.3, -0.25) is 4.79 Å². The van der Waals surface area contributed by atoms with Gasteiger partial charge in [-0.05, 0) is 6.92 Å². The van der Waals surface area contributed by atoms with E-state index < -0.39 is 0 Å². The van der Waals surface area contributed by atoms with Gasteiger partial charge in [-0.2, -0.15) is 0 Å². The maximum absolute atomic E-state index is 12.4. The van der Waals surface area contributed by atoms with Crippen LogP contribution in [0.4, 0.5) is 0 Å². The van der Waals surface area contributed by atoms with Crippen LogP contribution in [0.5, 0.6) is 0 Å². The molecule has 0 saturated heterocycles. The minimum absolute atomic E-state index is 0.151. The highest BCUT2D eigenvalue weighted by atomic mass is 35.5. The van der Waals surface area contributed by atoms with Crippen LogP contribution in [0.15, 0.2) is 35.7 Å². The number of rotatable bonds is 5. The van der Waals surface area contributed by atoms with Gasteiger partial charge in [0.25, 0.3) is 5.91 Å². The molecular weight excluding hydrogens is 350 g/mol. The van der Waals surface area contributed by atoms with Gasteiger partial charge in [0.2, 0.25) is 0 Å². The van der Waals surface area contributed by atoms with Crippen LogP contribution in [-0.2, 0) is 6.42 Å². The van der Waals surface area contributed by atoms with Gasteiger partial charge in [-0.15, -0.1) is 11.3 Å². The van der Waals surface area contributed by atoms with Crippen molar-refractivity contribution in [2.24, 2.45) is 0 Å². The van der Waals surface area contributed by atoms with Crippen LogP contribution in [0.3, 0.4) is 0 Å². The summed E-state index contributed by atoms with van der Waals surface area (Å²) in [4.78, 5) is 21.6. The number of halogens is 1. The lowest BCUT2D eigenvalue weighted by molar-refractivity contribution is 0.0958. The van der Waals surface area contributed by atoms with E-state index in [1.165, 1.54) is 11.3 Å². The number of nitrogens with zero attached hydrogens (tertiary/aromatic N) is 2. The molecule has 0 aliphatic heterocycles. The van der Waals surface area contributed by atoms with Gasteiger partial charge in [-0.1, -0.05) is 53.3 Å². The summed E-state index contributed by atoms with van der Waals surface area (Å²) in [5, 5.41) is 5.95. The lowest BCUT2D eigenvalue weighted by atomic mass is 10.1. The average Bonchev–Trinajstić information content (AvgIpc) is 3.14. The number of aryl methyl sites for hydroxylation is 1. The molecule has 0 atom stereocenters. The second kappa shape index (κ2) is 7.21. The molecule has 4 nitrogen and oxygen atoms in total. The van der Waals surface area contributed by atoms with Crippen LogP contribution in [0, 0.1) is 6.92 Å². The Hall–Kier alpha value is -1.76. The predicted molar refractivity (Wildman–Crippen MR) is 95.4 cm³/mol. The summed E-state index contributed by atoms with van der Waals surface area (Å²) < 4.78 is 0.365.